The molecule has 3 aromatic carbocycles. The second-order valence-corrected chi connectivity index (χ2v) is 8.17. The quantitative estimate of drug-likeness (QED) is 0.459. The molecule has 6 nitrogen and oxygen atoms in total. The number of aliphatic hydroxyl groups is 2. The smallest absolute Gasteiger partial charge is 0.167 e. The molecule has 1 aliphatic rings. The van der Waals surface area contributed by atoms with E-state index >= 15 is 0 Å². The minimum atomic E-state index is -1.05. The fourth-order valence-electron chi connectivity index (χ4n) is 4.58. The first kappa shape index (κ1) is 23.3. The minimum absolute atomic E-state index is 0.169. The Bertz CT molecular complexity index is 988. The lowest BCUT2D eigenvalue weighted by atomic mass is 9.79. The maximum atomic E-state index is 10.6. The zero-order chi connectivity index (χ0) is 23.3. The number of rotatable bonds is 8. The molecule has 4 rings (SSSR count). The van der Waals surface area contributed by atoms with E-state index in [4.69, 9.17) is 14.2 Å². The summed E-state index contributed by atoms with van der Waals surface area (Å²) in [6, 6.07) is 25.2. The van der Waals surface area contributed by atoms with Gasteiger partial charge in [0, 0.05) is 5.56 Å². The van der Waals surface area contributed by atoms with Crippen molar-refractivity contribution in [1.29, 1.82) is 0 Å². The number of nitrogens with one attached hydrogen (secondary N) is 1. The van der Waals surface area contributed by atoms with Crippen LogP contribution in [0.15, 0.2) is 78.9 Å². The summed E-state index contributed by atoms with van der Waals surface area (Å²) in [5.74, 6) is 1.17. The molecule has 0 amide bonds. The molecule has 1 fully saturated rings. The van der Waals surface area contributed by atoms with E-state index in [1.165, 1.54) is 0 Å². The first-order valence-corrected chi connectivity index (χ1v) is 11.2. The minimum Gasteiger partial charge on any atom is -0.493 e. The van der Waals surface area contributed by atoms with Crippen LogP contribution >= 0.6 is 0 Å². The number of methoxy groups -OCH3 is 2. The zero-order valence-corrected chi connectivity index (χ0v) is 19.0. The summed E-state index contributed by atoms with van der Waals surface area (Å²) < 4.78 is 18.3. The molecule has 0 aliphatic carbocycles. The van der Waals surface area contributed by atoms with Crippen LogP contribution in [0.5, 0.6) is 11.5 Å². The average Bonchev–Trinajstić information content (AvgIpc) is 2.87. The highest BCUT2D eigenvalue weighted by molar-refractivity contribution is 5.57. The van der Waals surface area contributed by atoms with Crippen molar-refractivity contribution in [3.8, 4) is 11.5 Å². The molecule has 0 radical (unpaired) electrons. The molecule has 3 unspecified atom stereocenters. The van der Waals surface area contributed by atoms with Gasteiger partial charge in [0.1, 0.15) is 5.60 Å². The summed E-state index contributed by atoms with van der Waals surface area (Å²) in [6.45, 7) is 0.779. The Morgan fingerprint density at radius 1 is 0.848 bits per heavy atom. The molecule has 1 heterocycles. The Labute approximate surface area is 194 Å². The van der Waals surface area contributed by atoms with Crippen molar-refractivity contribution in [3.05, 3.63) is 95.6 Å². The van der Waals surface area contributed by atoms with Crippen molar-refractivity contribution in [2.24, 2.45) is 0 Å². The van der Waals surface area contributed by atoms with Gasteiger partial charge in [-0.05, 0) is 30.2 Å². The van der Waals surface area contributed by atoms with E-state index in [0.717, 1.165) is 16.7 Å². The molecule has 3 atom stereocenters. The van der Waals surface area contributed by atoms with Crippen LogP contribution in [0.1, 0.15) is 23.1 Å². The maximum Gasteiger partial charge on any atom is 0.167 e. The van der Waals surface area contributed by atoms with Crippen LogP contribution in [0.4, 0.5) is 0 Å². The van der Waals surface area contributed by atoms with Gasteiger partial charge in [-0.1, -0.05) is 72.8 Å². The molecule has 6 heteroatoms. The average molecular weight is 450 g/mol. The normalized spacial score (nSPS) is 20.9. The Morgan fingerprint density at radius 2 is 1.48 bits per heavy atom. The maximum absolute atomic E-state index is 10.6. The van der Waals surface area contributed by atoms with Gasteiger partial charge in [-0.15, -0.1) is 0 Å². The van der Waals surface area contributed by atoms with E-state index in [1.54, 1.807) is 14.2 Å². The van der Waals surface area contributed by atoms with Crippen LogP contribution in [-0.4, -0.2) is 55.8 Å². The number of ether oxygens (including phenoxy) is 3. The second kappa shape index (κ2) is 10.4. The third kappa shape index (κ3) is 4.48. The molecule has 3 N–H and O–H groups in total. The van der Waals surface area contributed by atoms with E-state index < -0.39 is 23.9 Å². The summed E-state index contributed by atoms with van der Waals surface area (Å²) in [7, 11) is 3.23. The number of benzene rings is 3. The van der Waals surface area contributed by atoms with E-state index in [0.29, 0.717) is 24.5 Å². The SMILES string of the molecule is COc1cccc(C(OCC2NCCC(O)C2O)(c2ccccc2)c2ccccc2)c1OC. The van der Waals surface area contributed by atoms with Crippen LogP contribution in [0.2, 0.25) is 0 Å². The Balaban J connectivity index is 1.91. The molecule has 1 saturated heterocycles. The van der Waals surface area contributed by atoms with Gasteiger partial charge in [0.2, 0.25) is 0 Å². The summed E-state index contributed by atoms with van der Waals surface area (Å²) in [6.07, 6.45) is -1.20. The summed E-state index contributed by atoms with van der Waals surface area (Å²) in [4.78, 5) is 0. The van der Waals surface area contributed by atoms with E-state index in [-0.39, 0.29) is 6.61 Å². The number of piperidine rings is 1. The van der Waals surface area contributed by atoms with Crippen molar-refractivity contribution in [2.45, 2.75) is 30.3 Å². The lowest BCUT2D eigenvalue weighted by Gasteiger charge is -2.40. The van der Waals surface area contributed by atoms with E-state index in [1.807, 2.05) is 78.9 Å². The molecular weight excluding hydrogens is 418 g/mol. The number of hydrogen-bond donors (Lipinski definition) is 3. The van der Waals surface area contributed by atoms with Gasteiger partial charge in [0.15, 0.2) is 11.5 Å². The van der Waals surface area contributed by atoms with Crippen LogP contribution in [0.3, 0.4) is 0 Å². The highest BCUT2D eigenvalue weighted by Crippen LogP contribution is 2.47. The number of hydrogen-bond acceptors (Lipinski definition) is 6. The molecule has 174 valence electrons. The van der Waals surface area contributed by atoms with Gasteiger partial charge in [0.25, 0.3) is 0 Å². The number of aliphatic hydroxyl groups excluding tert-OH is 2. The first-order valence-electron chi connectivity index (χ1n) is 11.2. The zero-order valence-electron chi connectivity index (χ0n) is 19.0. The fourth-order valence-corrected chi connectivity index (χ4v) is 4.58. The molecule has 0 aromatic heterocycles. The number of para-hydroxylation sites is 1. The van der Waals surface area contributed by atoms with Crippen LogP contribution in [0.25, 0.3) is 0 Å². The summed E-state index contributed by atoms with van der Waals surface area (Å²) in [5, 5.41) is 24.1. The lowest BCUT2D eigenvalue weighted by molar-refractivity contribution is -0.0719. The molecule has 0 spiro atoms. The summed E-state index contributed by atoms with van der Waals surface area (Å²) >= 11 is 0. The lowest BCUT2D eigenvalue weighted by Crippen LogP contribution is -2.55. The van der Waals surface area contributed by atoms with Gasteiger partial charge < -0.3 is 29.7 Å². The molecule has 3 aromatic rings. The highest BCUT2D eigenvalue weighted by atomic mass is 16.5. The Kier molecular flexibility index (Phi) is 7.30. The molecule has 0 saturated carbocycles. The van der Waals surface area contributed by atoms with Crippen molar-refractivity contribution in [3.63, 3.8) is 0 Å². The second-order valence-electron chi connectivity index (χ2n) is 8.17. The fraction of sp³-hybridized carbons (Fsp3) is 0.333. The van der Waals surface area contributed by atoms with Crippen molar-refractivity contribution in [1.82, 2.24) is 5.32 Å². The largest absolute Gasteiger partial charge is 0.493 e. The Morgan fingerprint density at radius 3 is 2.06 bits per heavy atom. The van der Waals surface area contributed by atoms with E-state index in [9.17, 15) is 10.2 Å². The molecule has 0 bridgehead atoms. The molecule has 33 heavy (non-hydrogen) atoms. The van der Waals surface area contributed by atoms with Gasteiger partial charge >= 0.3 is 0 Å². The van der Waals surface area contributed by atoms with Gasteiger partial charge in [0.05, 0.1) is 39.1 Å². The topological polar surface area (TPSA) is 80.2 Å². The molecule has 1 aliphatic heterocycles. The third-order valence-electron chi connectivity index (χ3n) is 6.28. The van der Waals surface area contributed by atoms with Crippen molar-refractivity contribution >= 4 is 0 Å². The van der Waals surface area contributed by atoms with Gasteiger partial charge in [-0.25, -0.2) is 0 Å². The van der Waals surface area contributed by atoms with E-state index in [2.05, 4.69) is 5.32 Å². The van der Waals surface area contributed by atoms with Gasteiger partial charge in [-0.3, -0.25) is 0 Å². The summed E-state index contributed by atoms with van der Waals surface area (Å²) in [5.41, 5.74) is 1.56. The first-order chi connectivity index (χ1) is 16.1. The van der Waals surface area contributed by atoms with Crippen LogP contribution in [-0.2, 0) is 10.3 Å². The highest BCUT2D eigenvalue weighted by Gasteiger charge is 2.42. The van der Waals surface area contributed by atoms with Crippen LogP contribution < -0.4 is 14.8 Å². The predicted octanol–water partition coefficient (Wildman–Crippen LogP) is 3.10. The molecular formula is C27H31NO5. The third-order valence-corrected chi connectivity index (χ3v) is 6.28. The van der Waals surface area contributed by atoms with Gasteiger partial charge in [-0.2, -0.15) is 0 Å². The van der Waals surface area contributed by atoms with Crippen molar-refractivity contribution in [2.75, 3.05) is 27.4 Å². The van der Waals surface area contributed by atoms with Crippen molar-refractivity contribution < 1.29 is 24.4 Å². The standard InChI is InChI=1S/C27H31NO5/c1-31-24-15-9-14-21(26(24)32-2)27(19-10-5-3-6-11-19,20-12-7-4-8-13-20)33-18-22-25(30)23(29)16-17-28-22/h3-15,22-23,25,28-30H,16-18H2,1-2H3. The Hall–Kier alpha value is -2.90. The van der Waals surface area contributed by atoms with Crippen LogP contribution in [0, 0.1) is 0 Å². The monoisotopic (exact) mass is 449 g/mol. The predicted molar refractivity (Wildman–Crippen MR) is 127 cm³/mol.